The third kappa shape index (κ3) is 7.48. The molecular formula is C20H32N2O8S. The zero-order valence-corrected chi connectivity index (χ0v) is 19.8. The van der Waals surface area contributed by atoms with Crippen LogP contribution in [-0.4, -0.2) is 70.3 Å². The first-order valence-corrected chi connectivity index (χ1v) is 11.0. The van der Waals surface area contributed by atoms with Crippen LogP contribution in [0.3, 0.4) is 0 Å². The molecule has 2 aliphatic heterocycles. The summed E-state index contributed by atoms with van der Waals surface area (Å²) in [5.41, 5.74) is -1.36. The summed E-state index contributed by atoms with van der Waals surface area (Å²) in [7, 11) is 0. The Balaban J connectivity index is 1.84. The van der Waals surface area contributed by atoms with Crippen LogP contribution in [0.1, 0.15) is 67.2 Å². The first-order valence-electron chi connectivity index (χ1n) is 10.4. The number of rotatable bonds is 4. The second kappa shape index (κ2) is 9.97. The molecule has 0 aromatic rings. The van der Waals surface area contributed by atoms with Gasteiger partial charge in [-0.15, -0.1) is 0 Å². The average Bonchev–Trinajstić information content (AvgIpc) is 3.28. The number of hydrogen-bond donors (Lipinski definition) is 0. The minimum Gasteiger partial charge on any atom is -0.444 e. The molecule has 11 heteroatoms. The lowest BCUT2D eigenvalue weighted by molar-refractivity contribution is -0.141. The number of nitrogens with zero attached hydrogens (tertiary/aromatic N) is 2. The van der Waals surface area contributed by atoms with Gasteiger partial charge in [-0.2, -0.15) is 0 Å². The van der Waals surface area contributed by atoms with Crippen molar-refractivity contribution >= 4 is 36.4 Å². The molecule has 0 N–H and O–H groups in total. The Labute approximate surface area is 187 Å². The molecule has 2 atom stereocenters. The predicted octanol–water partition coefficient (Wildman–Crippen LogP) is 3.44. The molecule has 2 heterocycles. The number of carbonyl (C=O) groups is 4. The van der Waals surface area contributed by atoms with Gasteiger partial charge in [0.1, 0.15) is 23.3 Å². The summed E-state index contributed by atoms with van der Waals surface area (Å²) in [4.78, 5) is 52.0. The summed E-state index contributed by atoms with van der Waals surface area (Å²) < 4.78 is 20.6. The first-order chi connectivity index (χ1) is 14.3. The topological polar surface area (TPSA) is 112 Å². The van der Waals surface area contributed by atoms with Gasteiger partial charge in [-0.05, 0) is 67.2 Å². The van der Waals surface area contributed by atoms with E-state index in [-0.39, 0.29) is 12.3 Å². The maximum Gasteiger partial charge on any atom is 0.411 e. The fraction of sp³-hybridized carbons (Fsp3) is 0.800. The van der Waals surface area contributed by atoms with Crippen molar-refractivity contribution in [3.63, 3.8) is 0 Å². The van der Waals surface area contributed by atoms with E-state index in [0.717, 1.165) is 0 Å². The Hall–Kier alpha value is -2.17. The van der Waals surface area contributed by atoms with Crippen LogP contribution >= 0.6 is 12.3 Å². The van der Waals surface area contributed by atoms with Crippen molar-refractivity contribution in [2.75, 3.05) is 13.1 Å². The van der Waals surface area contributed by atoms with E-state index in [9.17, 15) is 19.2 Å². The molecule has 0 spiro atoms. The standard InChI is InChI=1S/C20H32N2O8S/c1-19(2,3)27-17(25)21-11-7-9-13(21)15(23)29-31-30-16(24)14-10-8-12-22(14)18(26)28-20(4,5)6/h13-14H,7-12H2,1-6H3/t13-,14-/m1/s1. The van der Waals surface area contributed by atoms with Gasteiger partial charge in [0.2, 0.25) is 0 Å². The molecule has 31 heavy (non-hydrogen) atoms. The summed E-state index contributed by atoms with van der Waals surface area (Å²) in [6.07, 6.45) is 0.955. The van der Waals surface area contributed by atoms with Crippen LogP contribution in [0.5, 0.6) is 0 Å². The molecule has 2 aliphatic rings. The molecule has 2 fully saturated rings. The Morgan fingerprint density at radius 3 is 1.39 bits per heavy atom. The van der Waals surface area contributed by atoms with E-state index in [2.05, 4.69) is 0 Å². The Bertz CT molecular complexity index is 642. The second-order valence-corrected chi connectivity index (χ2v) is 10.0. The van der Waals surface area contributed by atoms with E-state index in [1.807, 2.05) is 0 Å². The number of likely N-dealkylation sites (tertiary alicyclic amines) is 2. The van der Waals surface area contributed by atoms with Gasteiger partial charge >= 0.3 is 24.1 Å². The van der Waals surface area contributed by atoms with E-state index < -0.39 is 47.4 Å². The highest BCUT2D eigenvalue weighted by atomic mass is 32.2. The summed E-state index contributed by atoms with van der Waals surface area (Å²) in [5.74, 6) is -1.40. The molecule has 176 valence electrons. The highest BCUT2D eigenvalue weighted by Crippen LogP contribution is 2.26. The molecule has 0 saturated carbocycles. The van der Waals surface area contributed by atoms with Crippen molar-refractivity contribution in [2.45, 2.75) is 90.5 Å². The van der Waals surface area contributed by atoms with Crippen molar-refractivity contribution < 1.29 is 37.0 Å². The number of amides is 2. The maximum atomic E-state index is 12.4. The van der Waals surface area contributed by atoms with Gasteiger partial charge in [0.15, 0.2) is 0 Å². The van der Waals surface area contributed by atoms with E-state index in [1.54, 1.807) is 41.5 Å². The highest BCUT2D eigenvalue weighted by molar-refractivity contribution is 7.90. The summed E-state index contributed by atoms with van der Waals surface area (Å²) in [6, 6.07) is -1.60. The predicted molar refractivity (Wildman–Crippen MR) is 112 cm³/mol. The molecule has 2 saturated heterocycles. The van der Waals surface area contributed by atoms with E-state index in [0.29, 0.717) is 38.8 Å². The first kappa shape index (κ1) is 25.1. The van der Waals surface area contributed by atoms with Crippen molar-refractivity contribution in [2.24, 2.45) is 0 Å². The van der Waals surface area contributed by atoms with Gasteiger partial charge in [0.25, 0.3) is 12.3 Å². The molecular weight excluding hydrogens is 428 g/mol. The van der Waals surface area contributed by atoms with E-state index in [1.165, 1.54) is 9.80 Å². The lowest BCUT2D eigenvalue weighted by Crippen LogP contribution is -2.44. The maximum absolute atomic E-state index is 12.4. The normalized spacial score (nSPS) is 21.6. The van der Waals surface area contributed by atoms with Crippen LogP contribution in [0.2, 0.25) is 0 Å². The van der Waals surface area contributed by atoms with Gasteiger partial charge in [0, 0.05) is 13.1 Å². The SMILES string of the molecule is CC(C)(C)OC(=O)N1CCC[C@@H]1C(=O)OSOC(=O)[C@H]1CCCN1C(=O)OC(C)(C)C. The van der Waals surface area contributed by atoms with Gasteiger partial charge in [-0.1, -0.05) is 0 Å². The molecule has 0 aromatic carbocycles. The van der Waals surface area contributed by atoms with Gasteiger partial charge in [-0.3, -0.25) is 9.80 Å². The Morgan fingerprint density at radius 2 is 1.06 bits per heavy atom. The minimum atomic E-state index is -0.800. The zero-order valence-electron chi connectivity index (χ0n) is 19.0. The van der Waals surface area contributed by atoms with Crippen molar-refractivity contribution in [3.8, 4) is 0 Å². The second-order valence-electron chi connectivity index (χ2n) is 9.54. The van der Waals surface area contributed by atoms with Crippen molar-refractivity contribution in [1.29, 1.82) is 0 Å². The molecule has 0 unspecified atom stereocenters. The van der Waals surface area contributed by atoms with Crippen LogP contribution in [0.15, 0.2) is 0 Å². The number of carbonyl (C=O) groups excluding carboxylic acids is 4. The average molecular weight is 461 g/mol. The monoisotopic (exact) mass is 460 g/mol. The smallest absolute Gasteiger partial charge is 0.411 e. The Morgan fingerprint density at radius 1 is 0.710 bits per heavy atom. The fourth-order valence-corrected chi connectivity index (χ4v) is 3.69. The third-order valence-electron chi connectivity index (χ3n) is 4.54. The molecule has 0 aliphatic carbocycles. The van der Waals surface area contributed by atoms with E-state index in [4.69, 9.17) is 17.8 Å². The molecule has 0 bridgehead atoms. The molecule has 0 radical (unpaired) electrons. The van der Waals surface area contributed by atoms with Gasteiger partial charge < -0.3 is 17.8 Å². The summed E-state index contributed by atoms with van der Waals surface area (Å²) in [5, 5.41) is 0. The van der Waals surface area contributed by atoms with Crippen LogP contribution in [0.25, 0.3) is 0 Å². The lowest BCUT2D eigenvalue weighted by Gasteiger charge is -2.27. The van der Waals surface area contributed by atoms with E-state index >= 15 is 0 Å². The zero-order chi connectivity index (χ0) is 23.4. The van der Waals surface area contributed by atoms with Crippen molar-refractivity contribution in [1.82, 2.24) is 9.80 Å². The molecule has 10 nitrogen and oxygen atoms in total. The summed E-state index contributed by atoms with van der Waals surface area (Å²) >= 11 is 0.240. The van der Waals surface area contributed by atoms with Crippen molar-refractivity contribution in [3.05, 3.63) is 0 Å². The van der Waals surface area contributed by atoms with Crippen LogP contribution in [0.4, 0.5) is 9.59 Å². The minimum absolute atomic E-state index is 0.240. The summed E-state index contributed by atoms with van der Waals surface area (Å²) in [6.45, 7) is 11.2. The van der Waals surface area contributed by atoms with Crippen LogP contribution in [0, 0.1) is 0 Å². The lowest BCUT2D eigenvalue weighted by atomic mass is 10.2. The van der Waals surface area contributed by atoms with Gasteiger partial charge in [-0.25, -0.2) is 19.2 Å². The fourth-order valence-electron chi connectivity index (χ4n) is 3.30. The molecule has 2 rings (SSSR count). The number of hydrogen-bond acceptors (Lipinski definition) is 9. The molecule has 0 aromatic heterocycles. The molecule has 2 amide bonds. The highest BCUT2D eigenvalue weighted by Gasteiger charge is 2.40. The third-order valence-corrected chi connectivity index (χ3v) is 5.00. The number of ether oxygens (including phenoxy) is 2. The largest absolute Gasteiger partial charge is 0.444 e. The van der Waals surface area contributed by atoms with Crippen LogP contribution in [-0.2, 0) is 27.4 Å². The Kier molecular flexibility index (Phi) is 8.07. The van der Waals surface area contributed by atoms with Crippen LogP contribution < -0.4 is 0 Å². The van der Waals surface area contributed by atoms with Gasteiger partial charge in [0.05, 0.1) is 0 Å². The quantitative estimate of drug-likeness (QED) is 0.582.